The number of halogens is 2. The summed E-state index contributed by atoms with van der Waals surface area (Å²) in [6, 6.07) is 7.06. The van der Waals surface area contributed by atoms with Gasteiger partial charge in [-0.25, -0.2) is 0 Å². The van der Waals surface area contributed by atoms with Crippen molar-refractivity contribution in [3.63, 3.8) is 0 Å². The van der Waals surface area contributed by atoms with Gasteiger partial charge in [-0.1, -0.05) is 22.9 Å². The molecule has 1 aromatic carbocycles. The predicted octanol–water partition coefficient (Wildman–Crippen LogP) is 0.583. The molecule has 0 atom stereocenters. The average molecular weight is 316 g/mol. The zero-order valence-electron chi connectivity index (χ0n) is 10.8. The number of thiazole rings is 1. The molecular formula is C14H15Cl2NOS. The average Bonchev–Trinajstić information content (AvgIpc) is 2.68. The number of aryl methyl sites for hydroxylation is 2. The summed E-state index contributed by atoms with van der Waals surface area (Å²) >= 11 is 7.51. The molecule has 0 aliphatic rings. The van der Waals surface area contributed by atoms with Gasteiger partial charge in [0.15, 0.2) is 18.0 Å². The summed E-state index contributed by atoms with van der Waals surface area (Å²) in [7, 11) is 0. The molecule has 0 N–H and O–H groups in total. The Morgan fingerprint density at radius 2 is 1.89 bits per heavy atom. The summed E-state index contributed by atoms with van der Waals surface area (Å²) < 4.78 is 2.13. The van der Waals surface area contributed by atoms with Crippen molar-refractivity contribution in [1.29, 1.82) is 0 Å². The van der Waals surface area contributed by atoms with E-state index in [2.05, 4.69) is 23.9 Å². The van der Waals surface area contributed by atoms with Crippen molar-refractivity contribution in [3.8, 4) is 0 Å². The van der Waals surface area contributed by atoms with Crippen molar-refractivity contribution in [2.24, 2.45) is 0 Å². The standard InChI is InChI=1S/C14H15ClNOS.ClH/c1-10-11(2)18-9-16(10)8-7-14(17)12-3-5-13(15)6-4-12;/h3-6,9H,7-8H2,1-2H3;1H/q+1;/p-1. The highest BCUT2D eigenvalue weighted by Crippen LogP contribution is 2.12. The number of Topliss-reactive ketones (excluding diaryl/α,β-unsaturated/α-hetero) is 1. The molecule has 1 heterocycles. The molecule has 2 aromatic rings. The first-order chi connectivity index (χ1) is 8.58. The molecule has 0 radical (unpaired) electrons. The topological polar surface area (TPSA) is 20.9 Å². The quantitative estimate of drug-likeness (QED) is 0.597. The van der Waals surface area contributed by atoms with E-state index in [0.717, 1.165) is 12.1 Å². The second-order valence-corrected chi connectivity index (χ2v) is 5.73. The van der Waals surface area contributed by atoms with Crippen molar-refractivity contribution in [3.05, 3.63) is 50.9 Å². The Labute approximate surface area is 128 Å². The largest absolute Gasteiger partial charge is 1.00 e. The van der Waals surface area contributed by atoms with Gasteiger partial charge in [0.25, 0.3) is 0 Å². The molecule has 5 heteroatoms. The number of hydrogen-bond donors (Lipinski definition) is 0. The van der Waals surface area contributed by atoms with Crippen LogP contribution in [-0.2, 0) is 6.54 Å². The van der Waals surface area contributed by atoms with Crippen LogP contribution in [0.5, 0.6) is 0 Å². The van der Waals surface area contributed by atoms with E-state index in [9.17, 15) is 4.79 Å². The summed E-state index contributed by atoms with van der Waals surface area (Å²) in [6.07, 6.45) is 0.517. The monoisotopic (exact) mass is 315 g/mol. The lowest BCUT2D eigenvalue weighted by Crippen LogP contribution is -3.00. The van der Waals surface area contributed by atoms with Gasteiger partial charge in [-0.15, -0.1) is 0 Å². The van der Waals surface area contributed by atoms with Gasteiger partial charge >= 0.3 is 0 Å². The molecule has 0 aliphatic carbocycles. The van der Waals surface area contributed by atoms with E-state index < -0.39 is 0 Å². The van der Waals surface area contributed by atoms with Crippen LogP contribution >= 0.6 is 22.9 Å². The molecule has 102 valence electrons. The maximum atomic E-state index is 12.0. The second kappa shape index (κ2) is 7.04. The number of carbonyl (C=O) groups excluding carboxylic acids is 1. The van der Waals surface area contributed by atoms with Crippen LogP contribution in [0.3, 0.4) is 0 Å². The number of hydrogen-bond acceptors (Lipinski definition) is 2. The molecule has 0 saturated carbocycles. The molecule has 0 spiro atoms. The predicted molar refractivity (Wildman–Crippen MR) is 74.4 cm³/mol. The lowest BCUT2D eigenvalue weighted by atomic mass is 10.1. The Balaban J connectivity index is 0.00000180. The van der Waals surface area contributed by atoms with Crippen LogP contribution in [0.15, 0.2) is 29.8 Å². The first kappa shape index (κ1) is 16.2. The van der Waals surface area contributed by atoms with E-state index in [1.165, 1.54) is 10.6 Å². The Morgan fingerprint density at radius 1 is 1.26 bits per heavy atom. The van der Waals surface area contributed by atoms with Crippen LogP contribution in [-0.4, -0.2) is 5.78 Å². The smallest absolute Gasteiger partial charge is 0.225 e. The fourth-order valence-electron chi connectivity index (χ4n) is 1.73. The van der Waals surface area contributed by atoms with E-state index in [1.54, 1.807) is 35.6 Å². The zero-order chi connectivity index (χ0) is 13.1. The first-order valence-corrected chi connectivity index (χ1v) is 7.06. The third-order valence-corrected chi connectivity index (χ3v) is 4.30. The number of aromatic nitrogens is 1. The number of ketones is 1. The maximum absolute atomic E-state index is 12.0. The highest BCUT2D eigenvalue weighted by atomic mass is 35.5. The molecule has 0 fully saturated rings. The van der Waals surface area contributed by atoms with Crippen molar-refractivity contribution in [2.75, 3.05) is 0 Å². The molecule has 2 rings (SSSR count). The van der Waals surface area contributed by atoms with Crippen LogP contribution in [0.1, 0.15) is 27.3 Å². The molecule has 0 unspecified atom stereocenters. The molecule has 2 nitrogen and oxygen atoms in total. The number of carbonyl (C=O) groups is 1. The van der Waals surface area contributed by atoms with Gasteiger partial charge in [0.2, 0.25) is 5.51 Å². The first-order valence-electron chi connectivity index (χ1n) is 5.81. The summed E-state index contributed by atoms with van der Waals surface area (Å²) in [4.78, 5) is 13.3. The summed E-state index contributed by atoms with van der Waals surface area (Å²) in [5, 5.41) is 0.658. The van der Waals surface area contributed by atoms with Gasteiger partial charge in [0.1, 0.15) is 0 Å². The highest BCUT2D eigenvalue weighted by molar-refractivity contribution is 7.09. The third-order valence-electron chi connectivity index (χ3n) is 3.04. The van der Waals surface area contributed by atoms with Crippen LogP contribution in [0.25, 0.3) is 0 Å². The van der Waals surface area contributed by atoms with E-state index in [-0.39, 0.29) is 18.2 Å². The zero-order valence-corrected chi connectivity index (χ0v) is 13.1. The number of rotatable bonds is 4. The van der Waals surface area contributed by atoms with Gasteiger partial charge in [-0.3, -0.25) is 4.79 Å². The lowest BCUT2D eigenvalue weighted by Gasteiger charge is -1.99. The molecule has 1 aromatic heterocycles. The van der Waals surface area contributed by atoms with E-state index >= 15 is 0 Å². The van der Waals surface area contributed by atoms with Gasteiger partial charge in [0.05, 0.1) is 11.3 Å². The van der Waals surface area contributed by atoms with E-state index in [0.29, 0.717) is 11.4 Å². The summed E-state index contributed by atoms with van der Waals surface area (Å²) in [5.41, 5.74) is 4.04. The number of nitrogens with zero attached hydrogens (tertiary/aromatic N) is 1. The molecular weight excluding hydrogens is 301 g/mol. The van der Waals surface area contributed by atoms with Crippen LogP contribution < -0.4 is 17.0 Å². The second-order valence-electron chi connectivity index (χ2n) is 4.24. The fourth-order valence-corrected chi connectivity index (χ4v) is 2.69. The van der Waals surface area contributed by atoms with Gasteiger partial charge < -0.3 is 12.4 Å². The molecule has 0 amide bonds. The fraction of sp³-hybridized carbons (Fsp3) is 0.286. The molecule has 0 aliphatic heterocycles. The van der Waals surface area contributed by atoms with Crippen molar-refractivity contribution in [2.45, 2.75) is 26.8 Å². The van der Waals surface area contributed by atoms with Crippen molar-refractivity contribution < 1.29 is 21.8 Å². The minimum absolute atomic E-state index is 0. The normalized spacial score (nSPS) is 10.1. The maximum Gasteiger partial charge on any atom is 0.225 e. The minimum atomic E-state index is 0. The highest BCUT2D eigenvalue weighted by Gasteiger charge is 2.14. The Kier molecular flexibility index (Phi) is 5.98. The molecule has 0 saturated heterocycles. The number of benzene rings is 1. The van der Waals surface area contributed by atoms with Crippen LogP contribution in [0, 0.1) is 13.8 Å². The minimum Gasteiger partial charge on any atom is -1.00 e. The van der Waals surface area contributed by atoms with Crippen LogP contribution in [0.4, 0.5) is 0 Å². The summed E-state index contributed by atoms with van der Waals surface area (Å²) in [5.74, 6) is 0.155. The van der Waals surface area contributed by atoms with Crippen molar-refractivity contribution in [1.82, 2.24) is 0 Å². The van der Waals surface area contributed by atoms with Gasteiger partial charge in [-0.05, 0) is 31.2 Å². The van der Waals surface area contributed by atoms with Gasteiger partial charge in [0, 0.05) is 17.5 Å². The Hall–Kier alpha value is -0.900. The van der Waals surface area contributed by atoms with Crippen molar-refractivity contribution >= 4 is 28.7 Å². The Morgan fingerprint density at radius 3 is 2.42 bits per heavy atom. The third kappa shape index (κ3) is 4.03. The molecule has 19 heavy (non-hydrogen) atoms. The van der Waals surface area contributed by atoms with Gasteiger partial charge in [-0.2, -0.15) is 4.57 Å². The Bertz CT molecular complexity index is 563. The lowest BCUT2D eigenvalue weighted by molar-refractivity contribution is -0.696. The van der Waals surface area contributed by atoms with Crippen LogP contribution in [0.2, 0.25) is 5.02 Å². The SMILES string of the molecule is Cc1sc[n+](CCC(=O)c2ccc(Cl)cc2)c1C.[Cl-]. The van der Waals surface area contributed by atoms with E-state index in [4.69, 9.17) is 11.6 Å². The van der Waals surface area contributed by atoms with E-state index in [1.807, 2.05) is 0 Å². The molecule has 0 bridgehead atoms. The summed E-state index contributed by atoms with van der Waals surface area (Å²) in [6.45, 7) is 4.91.